The number of halogens is 1. The fraction of sp³-hybridized carbons (Fsp3) is 0. The smallest absolute Gasteiger partial charge is 0.199 e. The van der Waals surface area contributed by atoms with Gasteiger partial charge in [-0.05, 0) is 22.0 Å². The number of para-hydroxylation sites is 1. The molecule has 0 spiro atoms. The maximum atomic E-state index is 12.6. The molecule has 0 saturated carbocycles. The van der Waals surface area contributed by atoms with Gasteiger partial charge >= 0.3 is 0 Å². The first-order valence-corrected chi connectivity index (χ1v) is 7.74. The molecule has 1 heterocycles. The predicted octanol–water partition coefficient (Wildman–Crippen LogP) is 4.33. The molecule has 0 aliphatic heterocycles. The van der Waals surface area contributed by atoms with Gasteiger partial charge in [0.05, 0.1) is 15.6 Å². The number of Topliss-reactive ketones (excluding diaryl/α,β-unsaturated/α-hetero) is 1. The average molecular weight is 368 g/mol. The number of fused-ring (bicyclic) bond motifs is 2. The van der Waals surface area contributed by atoms with Gasteiger partial charge in [0, 0.05) is 16.5 Å². The minimum atomic E-state index is -0.344. The SMILES string of the molecule is O=C1C(c2nc3ccccc3c(Br)c2O)=C(O)c2ccccc21. The van der Waals surface area contributed by atoms with E-state index in [0.717, 1.165) is 5.39 Å². The third kappa shape index (κ3) is 1.90. The largest absolute Gasteiger partial charge is 0.506 e. The molecule has 0 amide bonds. The molecule has 4 rings (SSSR count). The zero-order chi connectivity index (χ0) is 16.1. The van der Waals surface area contributed by atoms with Crippen LogP contribution in [0.3, 0.4) is 0 Å². The van der Waals surface area contributed by atoms with E-state index in [9.17, 15) is 15.0 Å². The molecule has 2 aromatic carbocycles. The summed E-state index contributed by atoms with van der Waals surface area (Å²) in [6, 6.07) is 14.0. The number of hydrogen-bond donors (Lipinski definition) is 2. The summed E-state index contributed by atoms with van der Waals surface area (Å²) >= 11 is 3.35. The predicted molar refractivity (Wildman–Crippen MR) is 91.3 cm³/mol. The third-order valence-electron chi connectivity index (χ3n) is 3.93. The summed E-state index contributed by atoms with van der Waals surface area (Å²) < 4.78 is 0.446. The van der Waals surface area contributed by atoms with Crippen molar-refractivity contribution in [1.29, 1.82) is 0 Å². The fourth-order valence-electron chi connectivity index (χ4n) is 2.82. The number of nitrogens with zero attached hydrogens (tertiary/aromatic N) is 1. The Hall–Kier alpha value is -2.66. The molecule has 0 bridgehead atoms. The summed E-state index contributed by atoms with van der Waals surface area (Å²) in [6.07, 6.45) is 0. The number of ketones is 1. The number of aromatic nitrogens is 1. The molecule has 0 radical (unpaired) electrons. The monoisotopic (exact) mass is 367 g/mol. The van der Waals surface area contributed by atoms with Crippen LogP contribution in [0.2, 0.25) is 0 Å². The van der Waals surface area contributed by atoms with Crippen molar-refractivity contribution in [3.05, 3.63) is 69.8 Å². The van der Waals surface area contributed by atoms with Gasteiger partial charge in [-0.2, -0.15) is 0 Å². The van der Waals surface area contributed by atoms with Crippen LogP contribution >= 0.6 is 15.9 Å². The molecule has 0 saturated heterocycles. The minimum Gasteiger partial charge on any atom is -0.506 e. The zero-order valence-corrected chi connectivity index (χ0v) is 13.3. The van der Waals surface area contributed by atoms with Crippen molar-refractivity contribution in [2.24, 2.45) is 0 Å². The first-order valence-electron chi connectivity index (χ1n) is 6.94. The molecule has 1 aromatic heterocycles. The van der Waals surface area contributed by atoms with E-state index in [0.29, 0.717) is 21.1 Å². The van der Waals surface area contributed by atoms with Gasteiger partial charge in [0.25, 0.3) is 0 Å². The fourth-order valence-corrected chi connectivity index (χ4v) is 3.34. The van der Waals surface area contributed by atoms with E-state index >= 15 is 0 Å². The molecule has 23 heavy (non-hydrogen) atoms. The topological polar surface area (TPSA) is 70.4 Å². The number of hydrogen-bond acceptors (Lipinski definition) is 4. The Morgan fingerprint density at radius 1 is 0.913 bits per heavy atom. The normalized spacial score (nSPS) is 13.7. The Labute approximate surface area is 139 Å². The Bertz CT molecular complexity index is 1020. The maximum Gasteiger partial charge on any atom is 0.199 e. The van der Waals surface area contributed by atoms with E-state index in [4.69, 9.17) is 0 Å². The standard InChI is InChI=1S/C18H10BrNO3/c19-14-11-7-3-4-8-12(11)20-15(18(14)23)13-16(21)9-5-1-2-6-10(9)17(13)22/h1-8,21,23H. The molecule has 0 fully saturated rings. The van der Waals surface area contributed by atoms with Crippen LogP contribution in [-0.2, 0) is 0 Å². The maximum absolute atomic E-state index is 12.6. The number of aromatic hydroxyl groups is 1. The van der Waals surface area contributed by atoms with Crippen molar-refractivity contribution in [2.45, 2.75) is 0 Å². The minimum absolute atomic E-state index is 0.0233. The number of allylic oxidation sites excluding steroid dienone is 1. The number of rotatable bonds is 1. The van der Waals surface area contributed by atoms with Crippen molar-refractivity contribution in [1.82, 2.24) is 4.98 Å². The Morgan fingerprint density at radius 2 is 1.57 bits per heavy atom. The highest BCUT2D eigenvalue weighted by molar-refractivity contribution is 9.10. The highest BCUT2D eigenvalue weighted by Crippen LogP contribution is 2.43. The number of aliphatic hydroxyl groups is 1. The van der Waals surface area contributed by atoms with Gasteiger partial charge in [-0.15, -0.1) is 0 Å². The molecule has 2 N–H and O–H groups in total. The highest BCUT2D eigenvalue weighted by Gasteiger charge is 2.33. The Balaban J connectivity index is 2.03. The van der Waals surface area contributed by atoms with Gasteiger partial charge in [0.2, 0.25) is 0 Å². The van der Waals surface area contributed by atoms with Crippen LogP contribution in [0.15, 0.2) is 53.0 Å². The molecule has 5 heteroatoms. The second-order valence-corrected chi connectivity index (χ2v) is 6.03. The van der Waals surface area contributed by atoms with Gasteiger partial charge in [0.15, 0.2) is 11.5 Å². The molecule has 1 aliphatic rings. The van der Waals surface area contributed by atoms with E-state index in [2.05, 4.69) is 20.9 Å². The molecule has 3 aromatic rings. The number of benzene rings is 2. The van der Waals surface area contributed by atoms with Crippen LogP contribution in [0.5, 0.6) is 5.75 Å². The van der Waals surface area contributed by atoms with E-state index in [1.54, 1.807) is 30.3 Å². The van der Waals surface area contributed by atoms with E-state index in [1.165, 1.54) is 0 Å². The summed E-state index contributed by atoms with van der Waals surface area (Å²) in [6.45, 7) is 0. The number of carbonyl (C=O) groups is 1. The Morgan fingerprint density at radius 3 is 2.30 bits per heavy atom. The van der Waals surface area contributed by atoms with E-state index in [1.807, 2.05) is 18.2 Å². The number of pyridine rings is 1. The number of carbonyl (C=O) groups excluding carboxylic acids is 1. The molecule has 4 nitrogen and oxygen atoms in total. The second kappa shape index (κ2) is 4.93. The first-order chi connectivity index (χ1) is 11.1. The Kier molecular flexibility index (Phi) is 2.99. The average Bonchev–Trinajstić information content (AvgIpc) is 2.83. The van der Waals surface area contributed by atoms with Gasteiger partial charge < -0.3 is 10.2 Å². The van der Waals surface area contributed by atoms with Crippen molar-refractivity contribution < 1.29 is 15.0 Å². The lowest BCUT2D eigenvalue weighted by Gasteiger charge is -2.09. The van der Waals surface area contributed by atoms with Gasteiger partial charge in [-0.25, -0.2) is 4.98 Å². The lowest BCUT2D eigenvalue weighted by molar-refractivity contribution is 0.105. The van der Waals surface area contributed by atoms with Gasteiger partial charge in [-0.1, -0.05) is 42.5 Å². The van der Waals surface area contributed by atoms with Crippen molar-refractivity contribution in [3.63, 3.8) is 0 Å². The van der Waals surface area contributed by atoms with E-state index < -0.39 is 0 Å². The summed E-state index contributed by atoms with van der Waals surface area (Å²) in [5.74, 6) is -0.662. The second-order valence-electron chi connectivity index (χ2n) is 5.24. The lowest BCUT2D eigenvalue weighted by Crippen LogP contribution is -2.01. The van der Waals surface area contributed by atoms with Crippen molar-refractivity contribution in [3.8, 4) is 5.75 Å². The van der Waals surface area contributed by atoms with Gasteiger partial charge in [-0.3, -0.25) is 4.79 Å². The summed E-state index contributed by atoms with van der Waals surface area (Å²) in [7, 11) is 0. The molecule has 1 aliphatic carbocycles. The molecule has 0 atom stereocenters. The number of aliphatic hydroxyl groups excluding tert-OH is 1. The highest BCUT2D eigenvalue weighted by atomic mass is 79.9. The van der Waals surface area contributed by atoms with E-state index in [-0.39, 0.29) is 28.6 Å². The zero-order valence-electron chi connectivity index (χ0n) is 11.7. The van der Waals surface area contributed by atoms with Crippen LogP contribution in [0.1, 0.15) is 21.6 Å². The molecule has 112 valence electrons. The molecular formula is C18H10BrNO3. The van der Waals surface area contributed by atoms with Crippen LogP contribution < -0.4 is 0 Å². The van der Waals surface area contributed by atoms with Crippen molar-refractivity contribution in [2.75, 3.05) is 0 Å². The molecule has 0 unspecified atom stereocenters. The van der Waals surface area contributed by atoms with Crippen LogP contribution in [0.25, 0.3) is 22.2 Å². The first kappa shape index (κ1) is 14.0. The lowest BCUT2D eigenvalue weighted by atomic mass is 10.0. The van der Waals surface area contributed by atoms with Gasteiger partial charge in [0.1, 0.15) is 11.5 Å². The third-order valence-corrected chi connectivity index (χ3v) is 4.74. The molecular weight excluding hydrogens is 358 g/mol. The quantitative estimate of drug-likeness (QED) is 0.671. The summed E-state index contributed by atoms with van der Waals surface area (Å²) in [4.78, 5) is 17.0. The van der Waals surface area contributed by atoms with Crippen LogP contribution in [0, 0.1) is 0 Å². The summed E-state index contributed by atoms with van der Waals surface area (Å²) in [5.41, 5.74) is 1.59. The van der Waals surface area contributed by atoms with Crippen LogP contribution in [-0.4, -0.2) is 21.0 Å². The van der Waals surface area contributed by atoms with Crippen LogP contribution in [0.4, 0.5) is 0 Å². The van der Waals surface area contributed by atoms with Crippen molar-refractivity contribution >= 4 is 43.9 Å². The summed E-state index contributed by atoms with van der Waals surface area (Å²) in [5, 5.41) is 21.6.